The van der Waals surface area contributed by atoms with E-state index in [1.54, 1.807) is 17.5 Å². The Morgan fingerprint density at radius 2 is 2.21 bits per heavy atom. The van der Waals surface area contributed by atoms with Gasteiger partial charge in [-0.3, -0.25) is 4.79 Å². The zero-order valence-corrected chi connectivity index (χ0v) is 11.8. The monoisotopic (exact) mass is 285 g/mol. The first-order valence-corrected chi connectivity index (χ1v) is 7.11. The molecule has 0 unspecified atom stereocenters. The van der Waals surface area contributed by atoms with E-state index in [-0.39, 0.29) is 12.5 Å². The molecule has 106 valence electrons. The Morgan fingerprint density at radius 1 is 1.42 bits per heavy atom. The molecule has 1 rings (SSSR count). The lowest BCUT2D eigenvalue weighted by Crippen LogP contribution is -2.37. The largest absolute Gasteiger partial charge is 0.481 e. The van der Waals surface area contributed by atoms with E-state index in [0.29, 0.717) is 19.5 Å². The van der Waals surface area contributed by atoms with E-state index in [1.165, 1.54) is 11.3 Å². The van der Waals surface area contributed by atoms with Crippen molar-refractivity contribution in [3.05, 3.63) is 16.6 Å². The number of unbranched alkanes of at least 4 members (excludes halogenated alkanes) is 2. The number of rotatable bonds is 8. The molecule has 0 fully saturated rings. The number of nitrogens with one attached hydrogen (secondary N) is 1. The van der Waals surface area contributed by atoms with Gasteiger partial charge in [0.25, 0.3) is 0 Å². The van der Waals surface area contributed by atoms with Gasteiger partial charge in [-0.15, -0.1) is 11.3 Å². The number of thiazole rings is 1. The van der Waals surface area contributed by atoms with Gasteiger partial charge in [0, 0.05) is 25.4 Å². The number of aliphatic carboxylic acids is 1. The number of carboxylic acid groups (broad SMARTS) is 1. The first-order chi connectivity index (χ1) is 9.09. The molecule has 0 aliphatic rings. The Morgan fingerprint density at radius 3 is 2.84 bits per heavy atom. The molecule has 1 heterocycles. The summed E-state index contributed by atoms with van der Waals surface area (Å²) in [5.74, 6) is -0.771. The lowest BCUT2D eigenvalue weighted by molar-refractivity contribution is -0.137. The van der Waals surface area contributed by atoms with Crippen molar-refractivity contribution < 1.29 is 14.7 Å². The van der Waals surface area contributed by atoms with Crippen molar-refractivity contribution in [2.45, 2.75) is 32.2 Å². The van der Waals surface area contributed by atoms with Crippen LogP contribution in [0.25, 0.3) is 0 Å². The molecule has 0 aliphatic heterocycles. The van der Waals surface area contributed by atoms with Gasteiger partial charge in [-0.25, -0.2) is 9.78 Å². The maximum absolute atomic E-state index is 11.7. The molecule has 2 N–H and O–H groups in total. The van der Waals surface area contributed by atoms with Gasteiger partial charge in [0.05, 0.1) is 17.7 Å². The standard InChI is InChI=1S/C12H19N3O3S/c1-15(7-10-8-19-9-14-10)12(18)13-6-4-2-3-5-11(16)17/h8-9H,2-7H2,1H3,(H,13,18)(H,16,17). The Labute approximate surface area is 116 Å². The van der Waals surface area contributed by atoms with Gasteiger partial charge in [-0.1, -0.05) is 6.42 Å². The summed E-state index contributed by atoms with van der Waals surface area (Å²) in [6.07, 6.45) is 2.45. The molecule has 0 saturated carbocycles. The van der Waals surface area contributed by atoms with Crippen LogP contribution in [0.15, 0.2) is 10.9 Å². The number of carbonyl (C=O) groups excluding carboxylic acids is 1. The molecule has 0 bridgehead atoms. The minimum absolute atomic E-state index is 0.133. The fourth-order valence-electron chi connectivity index (χ4n) is 1.54. The zero-order valence-electron chi connectivity index (χ0n) is 11.0. The second-order valence-corrected chi connectivity index (χ2v) is 4.99. The van der Waals surface area contributed by atoms with Crippen LogP contribution in [-0.4, -0.2) is 40.6 Å². The normalized spacial score (nSPS) is 10.2. The van der Waals surface area contributed by atoms with Gasteiger partial charge in [0.15, 0.2) is 0 Å². The molecule has 0 radical (unpaired) electrons. The highest BCUT2D eigenvalue weighted by molar-refractivity contribution is 7.07. The van der Waals surface area contributed by atoms with Crippen LogP contribution in [0.1, 0.15) is 31.4 Å². The quantitative estimate of drug-likeness (QED) is 0.715. The maximum atomic E-state index is 11.7. The number of amides is 2. The zero-order chi connectivity index (χ0) is 14.1. The van der Waals surface area contributed by atoms with Gasteiger partial charge >= 0.3 is 12.0 Å². The van der Waals surface area contributed by atoms with Crippen LogP contribution in [0.4, 0.5) is 4.79 Å². The van der Waals surface area contributed by atoms with Crippen LogP contribution in [-0.2, 0) is 11.3 Å². The highest BCUT2D eigenvalue weighted by atomic mass is 32.1. The summed E-state index contributed by atoms with van der Waals surface area (Å²) in [5.41, 5.74) is 2.62. The molecule has 1 aromatic heterocycles. The second kappa shape index (κ2) is 8.47. The molecule has 0 spiro atoms. The van der Waals surface area contributed by atoms with E-state index in [0.717, 1.165) is 18.5 Å². The number of carboxylic acids is 1. The summed E-state index contributed by atoms with van der Waals surface area (Å²) < 4.78 is 0. The fourth-order valence-corrected chi connectivity index (χ4v) is 2.09. The molecule has 7 heteroatoms. The third-order valence-corrected chi connectivity index (χ3v) is 3.21. The van der Waals surface area contributed by atoms with E-state index >= 15 is 0 Å². The first-order valence-electron chi connectivity index (χ1n) is 6.17. The van der Waals surface area contributed by atoms with Gasteiger partial charge in [0.1, 0.15) is 0 Å². The highest BCUT2D eigenvalue weighted by Crippen LogP contribution is 2.04. The summed E-state index contributed by atoms with van der Waals surface area (Å²) in [4.78, 5) is 27.7. The van der Waals surface area contributed by atoms with Crippen LogP contribution in [0.2, 0.25) is 0 Å². The van der Waals surface area contributed by atoms with E-state index < -0.39 is 5.97 Å². The molecule has 19 heavy (non-hydrogen) atoms. The van der Waals surface area contributed by atoms with E-state index in [1.807, 2.05) is 5.38 Å². The predicted molar refractivity (Wildman–Crippen MR) is 73.1 cm³/mol. The molecule has 0 atom stereocenters. The van der Waals surface area contributed by atoms with Crippen molar-refractivity contribution in [2.75, 3.05) is 13.6 Å². The van der Waals surface area contributed by atoms with Crippen molar-refractivity contribution in [3.8, 4) is 0 Å². The van der Waals surface area contributed by atoms with E-state index in [4.69, 9.17) is 5.11 Å². The number of carbonyl (C=O) groups is 2. The molecule has 0 aliphatic carbocycles. The topological polar surface area (TPSA) is 82.5 Å². The van der Waals surface area contributed by atoms with Crippen molar-refractivity contribution in [2.24, 2.45) is 0 Å². The number of hydrogen-bond acceptors (Lipinski definition) is 4. The van der Waals surface area contributed by atoms with Gasteiger partial charge < -0.3 is 15.3 Å². The third-order valence-electron chi connectivity index (χ3n) is 2.57. The van der Waals surface area contributed by atoms with Crippen molar-refractivity contribution in [1.82, 2.24) is 15.2 Å². The summed E-state index contributed by atoms with van der Waals surface area (Å²) >= 11 is 1.51. The molecule has 6 nitrogen and oxygen atoms in total. The Hall–Kier alpha value is -1.63. The van der Waals surface area contributed by atoms with Crippen LogP contribution >= 0.6 is 11.3 Å². The summed E-state index contributed by atoms with van der Waals surface area (Å²) in [5, 5.41) is 13.2. The van der Waals surface area contributed by atoms with Crippen molar-refractivity contribution >= 4 is 23.3 Å². The number of nitrogens with zero attached hydrogens (tertiary/aromatic N) is 2. The number of urea groups is 1. The SMILES string of the molecule is CN(Cc1cscn1)C(=O)NCCCCCC(=O)O. The average Bonchev–Trinajstić information content (AvgIpc) is 2.85. The Kier molecular flexibility index (Phi) is 6.88. The Balaban J connectivity index is 2.08. The lowest BCUT2D eigenvalue weighted by Gasteiger charge is -2.16. The molecule has 0 aromatic carbocycles. The van der Waals surface area contributed by atoms with Crippen molar-refractivity contribution in [1.29, 1.82) is 0 Å². The summed E-state index contributed by atoms with van der Waals surface area (Å²) in [7, 11) is 1.72. The minimum Gasteiger partial charge on any atom is -0.481 e. The lowest BCUT2D eigenvalue weighted by atomic mass is 10.2. The van der Waals surface area contributed by atoms with E-state index in [2.05, 4.69) is 10.3 Å². The Bertz CT molecular complexity index is 395. The molecule has 0 saturated heterocycles. The van der Waals surface area contributed by atoms with Crippen molar-refractivity contribution in [3.63, 3.8) is 0 Å². The smallest absolute Gasteiger partial charge is 0.317 e. The van der Waals surface area contributed by atoms with Crippen LogP contribution in [0.3, 0.4) is 0 Å². The van der Waals surface area contributed by atoms with Gasteiger partial charge in [-0.05, 0) is 12.8 Å². The van der Waals surface area contributed by atoms with E-state index in [9.17, 15) is 9.59 Å². The highest BCUT2D eigenvalue weighted by Gasteiger charge is 2.09. The molecular weight excluding hydrogens is 266 g/mol. The fraction of sp³-hybridized carbons (Fsp3) is 0.583. The average molecular weight is 285 g/mol. The van der Waals surface area contributed by atoms with Gasteiger partial charge in [-0.2, -0.15) is 0 Å². The molecular formula is C12H19N3O3S. The summed E-state index contributed by atoms with van der Waals surface area (Å²) in [6.45, 7) is 1.06. The third kappa shape index (κ3) is 6.76. The predicted octanol–water partition coefficient (Wildman–Crippen LogP) is 1.93. The van der Waals surface area contributed by atoms with Crippen LogP contribution < -0.4 is 5.32 Å². The van der Waals surface area contributed by atoms with Crippen LogP contribution in [0.5, 0.6) is 0 Å². The van der Waals surface area contributed by atoms with Gasteiger partial charge in [0.2, 0.25) is 0 Å². The number of hydrogen-bond donors (Lipinski definition) is 2. The second-order valence-electron chi connectivity index (χ2n) is 4.27. The molecule has 1 aromatic rings. The van der Waals surface area contributed by atoms with Crippen LogP contribution in [0, 0.1) is 0 Å². The number of aromatic nitrogens is 1. The molecule has 2 amide bonds. The first kappa shape index (κ1) is 15.4. The maximum Gasteiger partial charge on any atom is 0.317 e. The minimum atomic E-state index is -0.771. The summed E-state index contributed by atoms with van der Waals surface area (Å²) in [6, 6.07) is -0.133.